The number of benzene rings is 1. The largest absolute Gasteiger partial charge is 0.338 e. The lowest BCUT2D eigenvalue weighted by Crippen LogP contribution is -2.44. The highest BCUT2D eigenvalue weighted by molar-refractivity contribution is 9.10. The number of hydrogen-bond acceptors (Lipinski definition) is 3. The molecule has 0 saturated carbocycles. The van der Waals surface area contributed by atoms with Gasteiger partial charge < -0.3 is 4.90 Å². The second-order valence-corrected chi connectivity index (χ2v) is 7.83. The summed E-state index contributed by atoms with van der Waals surface area (Å²) < 4.78 is 2.46. The molecule has 1 aromatic carbocycles. The smallest absolute Gasteiger partial charge is 0.256 e. The molecule has 2 aliphatic rings. The third kappa shape index (κ3) is 2.32. The van der Waals surface area contributed by atoms with E-state index in [0.717, 1.165) is 30.4 Å². The van der Waals surface area contributed by atoms with Gasteiger partial charge in [0.2, 0.25) is 0 Å². The summed E-state index contributed by atoms with van der Waals surface area (Å²) >= 11 is 3.40. The van der Waals surface area contributed by atoms with Crippen molar-refractivity contribution < 1.29 is 4.79 Å². The van der Waals surface area contributed by atoms with E-state index in [9.17, 15) is 4.79 Å². The highest BCUT2D eigenvalue weighted by Crippen LogP contribution is 2.43. The van der Waals surface area contributed by atoms with Crippen molar-refractivity contribution in [2.75, 3.05) is 13.1 Å². The van der Waals surface area contributed by atoms with E-state index in [1.54, 1.807) is 23.1 Å². The summed E-state index contributed by atoms with van der Waals surface area (Å²) in [5.74, 6) is 0.0242. The SMILES string of the molecule is O=C(c1cnc2c(Br)cnn2c1)N1CCC2(C=Cc3ccccc32)CC1. The van der Waals surface area contributed by atoms with Gasteiger partial charge in [0.05, 0.1) is 16.2 Å². The van der Waals surface area contributed by atoms with E-state index in [1.165, 1.54) is 11.1 Å². The average molecular weight is 409 g/mol. The summed E-state index contributed by atoms with van der Waals surface area (Å²) in [5.41, 5.74) is 4.09. The van der Waals surface area contributed by atoms with Crippen LogP contribution in [-0.2, 0) is 5.41 Å². The van der Waals surface area contributed by atoms with Crippen molar-refractivity contribution in [3.05, 3.63) is 70.1 Å². The van der Waals surface area contributed by atoms with Crippen molar-refractivity contribution >= 4 is 33.6 Å². The second kappa shape index (κ2) is 5.77. The first-order valence-corrected chi connectivity index (χ1v) is 9.53. The van der Waals surface area contributed by atoms with Gasteiger partial charge in [0.25, 0.3) is 5.91 Å². The fourth-order valence-corrected chi connectivity index (χ4v) is 4.49. The number of likely N-dealkylation sites (tertiary alicyclic amines) is 1. The molecule has 3 heterocycles. The fraction of sp³-hybridized carbons (Fsp3) is 0.250. The van der Waals surface area contributed by atoms with Gasteiger partial charge in [0.15, 0.2) is 5.65 Å². The quantitative estimate of drug-likeness (QED) is 0.616. The Kier molecular flexibility index (Phi) is 3.50. The molecule has 26 heavy (non-hydrogen) atoms. The van der Waals surface area contributed by atoms with Gasteiger partial charge in [0, 0.05) is 30.9 Å². The van der Waals surface area contributed by atoms with E-state index in [0.29, 0.717) is 11.2 Å². The second-order valence-electron chi connectivity index (χ2n) is 6.97. The molecule has 1 aliphatic heterocycles. The average Bonchev–Trinajstić information content (AvgIpc) is 3.23. The van der Waals surface area contributed by atoms with Crippen LogP contribution in [0.25, 0.3) is 11.7 Å². The molecule has 0 unspecified atom stereocenters. The number of piperidine rings is 1. The van der Waals surface area contributed by atoms with E-state index >= 15 is 0 Å². The summed E-state index contributed by atoms with van der Waals surface area (Å²) in [5, 5.41) is 4.22. The summed E-state index contributed by atoms with van der Waals surface area (Å²) in [4.78, 5) is 19.2. The predicted molar refractivity (Wildman–Crippen MR) is 103 cm³/mol. The van der Waals surface area contributed by atoms with Crippen LogP contribution in [0.5, 0.6) is 0 Å². The van der Waals surface area contributed by atoms with Crippen molar-refractivity contribution in [3.8, 4) is 0 Å². The molecule has 1 spiro atoms. The summed E-state index contributed by atoms with van der Waals surface area (Å²) in [6.07, 6.45) is 11.5. The maximum Gasteiger partial charge on any atom is 0.256 e. The molecule has 1 amide bonds. The minimum atomic E-state index is 0.0242. The van der Waals surface area contributed by atoms with Crippen LogP contribution in [0, 0.1) is 0 Å². The van der Waals surface area contributed by atoms with Crippen molar-refractivity contribution in [1.29, 1.82) is 0 Å². The fourth-order valence-electron chi connectivity index (χ4n) is 4.12. The zero-order valence-electron chi connectivity index (χ0n) is 14.1. The zero-order valence-corrected chi connectivity index (χ0v) is 15.7. The molecular formula is C20H17BrN4O. The number of amides is 1. The van der Waals surface area contributed by atoms with Crippen molar-refractivity contribution in [3.63, 3.8) is 0 Å². The Morgan fingerprint density at radius 3 is 2.81 bits per heavy atom. The first-order valence-electron chi connectivity index (χ1n) is 8.73. The molecule has 1 saturated heterocycles. The molecule has 1 aliphatic carbocycles. The van der Waals surface area contributed by atoms with Gasteiger partial charge in [-0.15, -0.1) is 0 Å². The van der Waals surface area contributed by atoms with Crippen LogP contribution >= 0.6 is 15.9 Å². The first-order chi connectivity index (χ1) is 12.7. The van der Waals surface area contributed by atoms with Gasteiger partial charge in [-0.25, -0.2) is 9.50 Å². The molecule has 0 atom stereocenters. The van der Waals surface area contributed by atoms with Crippen LogP contribution in [-0.4, -0.2) is 38.5 Å². The molecule has 1 fully saturated rings. The van der Waals surface area contributed by atoms with Crippen LogP contribution in [0.4, 0.5) is 0 Å². The highest BCUT2D eigenvalue weighted by Gasteiger charge is 2.39. The van der Waals surface area contributed by atoms with Crippen molar-refractivity contribution in [2.45, 2.75) is 18.3 Å². The van der Waals surface area contributed by atoms with Gasteiger partial charge in [-0.1, -0.05) is 36.4 Å². The Bertz CT molecular complexity index is 1050. The van der Waals surface area contributed by atoms with Gasteiger partial charge in [-0.2, -0.15) is 5.10 Å². The standard InChI is InChI=1S/C20H17BrN4O/c21-17-12-23-25-13-15(11-22-18(17)25)19(26)24-9-7-20(8-10-24)6-5-14-3-1-2-4-16(14)20/h1-6,11-13H,7-10H2. The molecule has 6 heteroatoms. The topological polar surface area (TPSA) is 50.5 Å². The van der Waals surface area contributed by atoms with Crippen LogP contribution in [0.2, 0.25) is 0 Å². The molecule has 2 aromatic heterocycles. The minimum absolute atomic E-state index is 0.0242. The van der Waals surface area contributed by atoms with E-state index in [-0.39, 0.29) is 11.3 Å². The van der Waals surface area contributed by atoms with Gasteiger partial charge in [-0.05, 0) is 39.9 Å². The molecule has 3 aromatic rings. The van der Waals surface area contributed by atoms with E-state index in [1.807, 2.05) is 4.90 Å². The Labute approximate surface area is 159 Å². The van der Waals surface area contributed by atoms with Crippen LogP contribution in [0.15, 0.2) is 53.4 Å². The normalized spacial score (nSPS) is 17.8. The lowest BCUT2D eigenvalue weighted by atomic mass is 9.74. The maximum absolute atomic E-state index is 12.9. The lowest BCUT2D eigenvalue weighted by molar-refractivity contribution is 0.0689. The third-order valence-corrected chi connectivity index (χ3v) is 6.14. The van der Waals surface area contributed by atoms with Crippen molar-refractivity contribution in [2.24, 2.45) is 0 Å². The van der Waals surface area contributed by atoms with Gasteiger partial charge in [-0.3, -0.25) is 4.79 Å². The number of nitrogens with zero attached hydrogens (tertiary/aromatic N) is 4. The first kappa shape index (κ1) is 15.8. The number of halogens is 1. The summed E-state index contributed by atoms with van der Waals surface area (Å²) in [6, 6.07) is 8.58. The van der Waals surface area contributed by atoms with E-state index in [2.05, 4.69) is 62.4 Å². The van der Waals surface area contributed by atoms with Gasteiger partial charge in [0.1, 0.15) is 0 Å². The highest BCUT2D eigenvalue weighted by atomic mass is 79.9. The molecule has 0 N–H and O–H groups in total. The Hall–Kier alpha value is -2.47. The maximum atomic E-state index is 12.9. The lowest BCUT2D eigenvalue weighted by Gasteiger charge is -2.39. The van der Waals surface area contributed by atoms with Crippen LogP contribution in [0.1, 0.15) is 34.3 Å². The van der Waals surface area contributed by atoms with Crippen molar-refractivity contribution in [1.82, 2.24) is 19.5 Å². The third-order valence-electron chi connectivity index (χ3n) is 5.58. The Morgan fingerprint density at radius 1 is 1.15 bits per heavy atom. The monoisotopic (exact) mass is 408 g/mol. The van der Waals surface area contributed by atoms with E-state index in [4.69, 9.17) is 0 Å². The Morgan fingerprint density at radius 2 is 1.96 bits per heavy atom. The zero-order chi connectivity index (χ0) is 17.7. The molecule has 5 nitrogen and oxygen atoms in total. The predicted octanol–water partition coefficient (Wildman–Crippen LogP) is 3.69. The summed E-state index contributed by atoms with van der Waals surface area (Å²) in [6.45, 7) is 1.50. The van der Waals surface area contributed by atoms with E-state index < -0.39 is 0 Å². The number of fused-ring (bicyclic) bond motifs is 3. The molecule has 5 rings (SSSR count). The van der Waals surface area contributed by atoms with Gasteiger partial charge >= 0.3 is 0 Å². The number of carbonyl (C=O) groups is 1. The minimum Gasteiger partial charge on any atom is -0.338 e. The van der Waals surface area contributed by atoms with Crippen LogP contribution in [0.3, 0.4) is 0 Å². The molecule has 0 radical (unpaired) electrons. The number of rotatable bonds is 1. The number of carbonyl (C=O) groups excluding carboxylic acids is 1. The Balaban J connectivity index is 1.36. The molecule has 130 valence electrons. The van der Waals surface area contributed by atoms with Crippen LogP contribution < -0.4 is 0 Å². The number of hydrogen-bond donors (Lipinski definition) is 0. The number of aromatic nitrogens is 3. The molecular weight excluding hydrogens is 392 g/mol. The number of allylic oxidation sites excluding steroid dienone is 1. The molecule has 0 bridgehead atoms. The summed E-state index contributed by atoms with van der Waals surface area (Å²) in [7, 11) is 0.